The fourth-order valence-corrected chi connectivity index (χ4v) is 1.03. The van der Waals surface area contributed by atoms with Gasteiger partial charge < -0.3 is 5.11 Å². The third-order valence-corrected chi connectivity index (χ3v) is 1.62. The van der Waals surface area contributed by atoms with E-state index in [0.717, 1.165) is 4.80 Å². The lowest BCUT2D eigenvalue weighted by Crippen LogP contribution is -2.11. The van der Waals surface area contributed by atoms with Crippen molar-refractivity contribution in [1.29, 1.82) is 0 Å². The number of aliphatic carboxylic acids is 1. The van der Waals surface area contributed by atoms with E-state index in [1.165, 1.54) is 0 Å². The molecule has 0 aliphatic heterocycles. The number of tetrazole rings is 1. The molecule has 7 nitrogen and oxygen atoms in total. The zero-order chi connectivity index (χ0) is 10.7. The molecule has 2 aromatic heterocycles. The predicted molar refractivity (Wildman–Crippen MR) is 48.7 cm³/mol. The van der Waals surface area contributed by atoms with Gasteiger partial charge in [-0.1, -0.05) is 6.07 Å². The van der Waals surface area contributed by atoms with Crippen molar-refractivity contribution in [2.75, 3.05) is 0 Å². The number of hydrogen-bond acceptors (Lipinski definition) is 5. The molecule has 0 aromatic carbocycles. The third kappa shape index (κ3) is 2.13. The van der Waals surface area contributed by atoms with E-state index in [4.69, 9.17) is 5.11 Å². The Morgan fingerprint density at radius 1 is 1.47 bits per heavy atom. The van der Waals surface area contributed by atoms with E-state index in [0.29, 0.717) is 11.5 Å². The van der Waals surface area contributed by atoms with Crippen molar-refractivity contribution < 1.29 is 9.90 Å². The van der Waals surface area contributed by atoms with Gasteiger partial charge in [-0.2, -0.15) is 4.80 Å². The smallest absolute Gasteiger partial charge is 0.327 e. The van der Waals surface area contributed by atoms with Crippen molar-refractivity contribution in [3.8, 4) is 11.5 Å². The highest BCUT2D eigenvalue weighted by Gasteiger charge is 2.08. The summed E-state index contributed by atoms with van der Waals surface area (Å²) in [6.07, 6.45) is 1.60. The van der Waals surface area contributed by atoms with E-state index in [2.05, 4.69) is 20.4 Å². The standard InChI is InChI=1S/C8H7N5O2/c14-7(15)5-13-11-8(10-12-13)6-3-1-2-4-9-6/h1-4H,5H2,(H,14,15). The molecule has 0 radical (unpaired) electrons. The Kier molecular flexibility index (Phi) is 2.36. The van der Waals surface area contributed by atoms with Crippen molar-refractivity contribution in [3.63, 3.8) is 0 Å². The maximum Gasteiger partial charge on any atom is 0.327 e. The average molecular weight is 205 g/mol. The van der Waals surface area contributed by atoms with Crippen LogP contribution in [0.15, 0.2) is 24.4 Å². The molecule has 0 saturated heterocycles. The van der Waals surface area contributed by atoms with Crippen LogP contribution in [0.2, 0.25) is 0 Å². The molecular formula is C8H7N5O2. The summed E-state index contributed by atoms with van der Waals surface area (Å²) >= 11 is 0. The second-order valence-electron chi connectivity index (χ2n) is 2.75. The highest BCUT2D eigenvalue weighted by molar-refractivity contribution is 5.66. The molecule has 0 spiro atoms. The van der Waals surface area contributed by atoms with Crippen LogP contribution in [0.25, 0.3) is 11.5 Å². The molecule has 2 heterocycles. The van der Waals surface area contributed by atoms with Crippen molar-refractivity contribution in [2.24, 2.45) is 0 Å². The lowest BCUT2D eigenvalue weighted by molar-refractivity contribution is -0.138. The lowest BCUT2D eigenvalue weighted by atomic mass is 10.3. The summed E-state index contributed by atoms with van der Waals surface area (Å²) in [6, 6.07) is 5.29. The van der Waals surface area contributed by atoms with Crippen LogP contribution in [-0.2, 0) is 11.3 Å². The van der Waals surface area contributed by atoms with E-state index < -0.39 is 5.97 Å². The highest BCUT2D eigenvalue weighted by Crippen LogP contribution is 2.07. The monoisotopic (exact) mass is 205 g/mol. The summed E-state index contributed by atoms with van der Waals surface area (Å²) in [5.74, 6) is -0.697. The van der Waals surface area contributed by atoms with E-state index in [-0.39, 0.29) is 6.54 Å². The Morgan fingerprint density at radius 3 is 3.00 bits per heavy atom. The maximum atomic E-state index is 10.4. The van der Waals surface area contributed by atoms with Gasteiger partial charge >= 0.3 is 5.97 Å². The van der Waals surface area contributed by atoms with Crippen LogP contribution in [0.5, 0.6) is 0 Å². The average Bonchev–Trinajstić information content (AvgIpc) is 2.67. The molecule has 0 saturated carbocycles. The summed E-state index contributed by atoms with van der Waals surface area (Å²) in [4.78, 5) is 15.4. The minimum absolute atomic E-state index is 0.306. The van der Waals surface area contributed by atoms with Gasteiger partial charge in [0, 0.05) is 6.20 Å². The predicted octanol–water partition coefficient (Wildman–Crippen LogP) is -0.180. The van der Waals surface area contributed by atoms with E-state index >= 15 is 0 Å². The molecule has 7 heteroatoms. The molecule has 76 valence electrons. The Morgan fingerprint density at radius 2 is 2.33 bits per heavy atom. The first-order chi connectivity index (χ1) is 7.25. The van der Waals surface area contributed by atoms with Gasteiger partial charge in [-0.25, -0.2) is 0 Å². The number of carbonyl (C=O) groups is 1. The molecule has 1 N–H and O–H groups in total. The Hall–Kier alpha value is -2.31. The molecule has 2 rings (SSSR count). The number of carboxylic acid groups (broad SMARTS) is 1. The summed E-state index contributed by atoms with van der Waals surface area (Å²) < 4.78 is 0. The molecule has 0 unspecified atom stereocenters. The third-order valence-electron chi connectivity index (χ3n) is 1.62. The first-order valence-corrected chi connectivity index (χ1v) is 4.17. The Bertz CT molecular complexity index is 467. The van der Waals surface area contributed by atoms with Gasteiger partial charge in [-0.15, -0.1) is 10.2 Å². The SMILES string of the molecule is O=C(O)Cn1nnc(-c2ccccn2)n1. The highest BCUT2D eigenvalue weighted by atomic mass is 16.4. The molecule has 0 aliphatic carbocycles. The quantitative estimate of drug-likeness (QED) is 0.746. The number of hydrogen-bond donors (Lipinski definition) is 1. The molecule has 0 aliphatic rings. The van der Waals surface area contributed by atoms with Gasteiger partial charge in [0.2, 0.25) is 5.82 Å². The number of pyridine rings is 1. The van der Waals surface area contributed by atoms with Gasteiger partial charge in [0.1, 0.15) is 5.69 Å². The van der Waals surface area contributed by atoms with E-state index in [1.54, 1.807) is 24.4 Å². The van der Waals surface area contributed by atoms with Gasteiger partial charge in [0.05, 0.1) is 0 Å². The van der Waals surface area contributed by atoms with Crippen LogP contribution >= 0.6 is 0 Å². The lowest BCUT2D eigenvalue weighted by Gasteiger charge is -1.91. The van der Waals surface area contributed by atoms with Crippen LogP contribution in [0, 0.1) is 0 Å². The van der Waals surface area contributed by atoms with Crippen molar-refractivity contribution in [3.05, 3.63) is 24.4 Å². The van der Waals surface area contributed by atoms with Crippen LogP contribution in [0.3, 0.4) is 0 Å². The Labute approximate surface area is 84.4 Å². The number of rotatable bonds is 3. The van der Waals surface area contributed by atoms with E-state index in [9.17, 15) is 4.79 Å². The van der Waals surface area contributed by atoms with Gasteiger partial charge in [0.15, 0.2) is 6.54 Å². The normalized spacial score (nSPS) is 10.1. The van der Waals surface area contributed by atoms with Gasteiger partial charge in [0.25, 0.3) is 0 Å². The molecule has 2 aromatic rings. The second kappa shape index (κ2) is 3.82. The number of carboxylic acids is 1. The largest absolute Gasteiger partial charge is 0.480 e. The number of aromatic nitrogens is 5. The summed E-state index contributed by atoms with van der Waals surface area (Å²) in [5, 5.41) is 19.7. The van der Waals surface area contributed by atoms with Crippen molar-refractivity contribution >= 4 is 5.97 Å². The van der Waals surface area contributed by atoms with Crippen LogP contribution in [0.4, 0.5) is 0 Å². The number of nitrogens with zero attached hydrogens (tertiary/aromatic N) is 5. The second-order valence-corrected chi connectivity index (χ2v) is 2.75. The molecule has 0 fully saturated rings. The van der Waals surface area contributed by atoms with E-state index in [1.807, 2.05) is 0 Å². The van der Waals surface area contributed by atoms with Crippen LogP contribution in [0.1, 0.15) is 0 Å². The fourth-order valence-electron chi connectivity index (χ4n) is 1.03. The first kappa shape index (κ1) is 9.25. The molecule has 0 amide bonds. The topological polar surface area (TPSA) is 93.8 Å². The van der Waals surface area contributed by atoms with Crippen LogP contribution < -0.4 is 0 Å². The zero-order valence-corrected chi connectivity index (χ0v) is 7.61. The summed E-state index contributed by atoms with van der Waals surface area (Å²) in [5.41, 5.74) is 0.564. The molecular weight excluding hydrogens is 198 g/mol. The maximum absolute atomic E-state index is 10.4. The van der Waals surface area contributed by atoms with Crippen molar-refractivity contribution in [2.45, 2.75) is 6.54 Å². The van der Waals surface area contributed by atoms with Crippen molar-refractivity contribution in [1.82, 2.24) is 25.2 Å². The molecule has 15 heavy (non-hydrogen) atoms. The summed E-state index contributed by atoms with van der Waals surface area (Å²) in [6.45, 7) is -0.306. The summed E-state index contributed by atoms with van der Waals surface area (Å²) in [7, 11) is 0. The van der Waals surface area contributed by atoms with Gasteiger partial charge in [-0.05, 0) is 17.3 Å². The fraction of sp³-hybridized carbons (Fsp3) is 0.125. The van der Waals surface area contributed by atoms with Gasteiger partial charge in [-0.3, -0.25) is 9.78 Å². The minimum Gasteiger partial charge on any atom is -0.480 e. The Balaban J connectivity index is 2.24. The minimum atomic E-state index is -1.01. The first-order valence-electron chi connectivity index (χ1n) is 4.17. The zero-order valence-electron chi connectivity index (χ0n) is 7.61. The van der Waals surface area contributed by atoms with Crippen LogP contribution in [-0.4, -0.2) is 36.3 Å². The molecule has 0 bridgehead atoms. The molecule has 0 atom stereocenters.